The Morgan fingerprint density at radius 1 is 1.03 bits per heavy atom. The average Bonchev–Trinajstić information content (AvgIpc) is 3.28. The van der Waals surface area contributed by atoms with Gasteiger partial charge in [0.25, 0.3) is 0 Å². The van der Waals surface area contributed by atoms with Crippen LogP contribution in [0.15, 0.2) is 30.5 Å². The summed E-state index contributed by atoms with van der Waals surface area (Å²) in [5.41, 5.74) is 2.55. The summed E-state index contributed by atoms with van der Waals surface area (Å²) in [5, 5.41) is 8.39. The van der Waals surface area contributed by atoms with Gasteiger partial charge in [-0.2, -0.15) is 0 Å². The van der Waals surface area contributed by atoms with Crippen LogP contribution in [0.3, 0.4) is 0 Å². The Morgan fingerprint density at radius 2 is 1.94 bits per heavy atom. The first-order chi connectivity index (χ1) is 15.2. The Bertz CT molecular complexity index is 933. The fourth-order valence-corrected chi connectivity index (χ4v) is 6.78. The molecule has 0 spiro atoms. The van der Waals surface area contributed by atoms with Gasteiger partial charge in [-0.1, -0.05) is 6.07 Å². The first-order valence-corrected chi connectivity index (χ1v) is 12.3. The lowest BCUT2D eigenvalue weighted by molar-refractivity contribution is -0.133. The number of nitrogens with zero attached hydrogens (tertiary/aromatic N) is 2. The van der Waals surface area contributed by atoms with Crippen molar-refractivity contribution in [2.24, 2.45) is 17.8 Å². The molecule has 2 aromatic rings. The number of H-pyrrole nitrogens is 1. The number of aromatic nitrogens is 1. The van der Waals surface area contributed by atoms with Crippen LogP contribution < -0.4 is 15.5 Å². The molecule has 31 heavy (non-hydrogen) atoms. The average molecular weight is 422 g/mol. The molecule has 1 amide bonds. The van der Waals surface area contributed by atoms with Gasteiger partial charge in [0.05, 0.1) is 5.92 Å². The van der Waals surface area contributed by atoms with Gasteiger partial charge in [0.2, 0.25) is 5.91 Å². The number of rotatable bonds is 3. The summed E-state index contributed by atoms with van der Waals surface area (Å²) in [5.74, 6) is 1.87. The van der Waals surface area contributed by atoms with Crippen molar-refractivity contribution in [3.63, 3.8) is 0 Å². The number of nitrogens with one attached hydrogen (secondary N) is 3. The maximum absolute atomic E-state index is 12.6. The van der Waals surface area contributed by atoms with E-state index in [1.807, 2.05) is 6.20 Å². The fourth-order valence-electron chi connectivity index (χ4n) is 6.78. The van der Waals surface area contributed by atoms with Crippen LogP contribution in [0.5, 0.6) is 0 Å². The standard InChI is InChI=1S/C25H35N5O/c31-25-21-2-1-8-27-24(21)20-6-3-17(14-23(20)28-25)16-29-10-12-30(13-11-29)19-5-4-18-7-9-26-22(18)15-19/h4-5,7,9,15,17,20-21,23-24,26-27H,1-3,6,8,10-14,16H2,(H,28,31). The molecule has 3 saturated heterocycles. The monoisotopic (exact) mass is 421 g/mol. The third kappa shape index (κ3) is 3.74. The topological polar surface area (TPSA) is 63.4 Å². The van der Waals surface area contributed by atoms with E-state index in [1.54, 1.807) is 0 Å². The van der Waals surface area contributed by atoms with E-state index in [9.17, 15) is 4.79 Å². The first-order valence-electron chi connectivity index (χ1n) is 12.3. The quantitative estimate of drug-likeness (QED) is 0.713. The molecular formula is C25H35N5O. The largest absolute Gasteiger partial charge is 0.369 e. The maximum Gasteiger partial charge on any atom is 0.224 e. The van der Waals surface area contributed by atoms with E-state index in [0.29, 0.717) is 29.8 Å². The van der Waals surface area contributed by atoms with Gasteiger partial charge in [-0.05, 0) is 74.1 Å². The number of piperidine rings is 2. The molecule has 3 N–H and O–H groups in total. The van der Waals surface area contributed by atoms with Crippen LogP contribution >= 0.6 is 0 Å². The van der Waals surface area contributed by atoms with Crippen LogP contribution in [0.2, 0.25) is 0 Å². The molecule has 4 heterocycles. The van der Waals surface area contributed by atoms with Crippen molar-refractivity contribution < 1.29 is 4.79 Å². The predicted octanol–water partition coefficient (Wildman–Crippen LogP) is 2.57. The van der Waals surface area contributed by atoms with Crippen molar-refractivity contribution in [1.29, 1.82) is 0 Å². The highest BCUT2D eigenvalue weighted by Gasteiger charge is 2.47. The molecule has 4 aliphatic rings. The van der Waals surface area contributed by atoms with Gasteiger partial charge >= 0.3 is 0 Å². The molecule has 166 valence electrons. The van der Waals surface area contributed by atoms with Crippen molar-refractivity contribution in [3.8, 4) is 0 Å². The van der Waals surface area contributed by atoms with Gasteiger partial charge in [0.15, 0.2) is 0 Å². The fraction of sp³-hybridized carbons (Fsp3) is 0.640. The molecule has 3 aliphatic heterocycles. The summed E-state index contributed by atoms with van der Waals surface area (Å²) in [7, 11) is 0. The minimum atomic E-state index is 0.213. The van der Waals surface area contributed by atoms with E-state index in [-0.39, 0.29) is 5.92 Å². The van der Waals surface area contributed by atoms with Crippen LogP contribution in [0.25, 0.3) is 10.9 Å². The number of piperazine rings is 1. The molecule has 0 radical (unpaired) electrons. The van der Waals surface area contributed by atoms with Crippen molar-refractivity contribution in [3.05, 3.63) is 30.5 Å². The van der Waals surface area contributed by atoms with Crippen LogP contribution in [-0.4, -0.2) is 67.1 Å². The number of aromatic amines is 1. The predicted molar refractivity (Wildman–Crippen MR) is 124 cm³/mol. The summed E-state index contributed by atoms with van der Waals surface area (Å²) in [6, 6.07) is 9.69. The number of amides is 1. The lowest BCUT2D eigenvalue weighted by atomic mass is 9.67. The SMILES string of the molecule is O=C1NC2CC(CN3CCN(c4ccc5cc[nH]c5c4)CC3)CCC2C2NCCCC12. The molecule has 0 bridgehead atoms. The Hall–Kier alpha value is -2.05. The van der Waals surface area contributed by atoms with Crippen LogP contribution in [-0.2, 0) is 4.79 Å². The van der Waals surface area contributed by atoms with Crippen LogP contribution in [0, 0.1) is 17.8 Å². The summed E-state index contributed by atoms with van der Waals surface area (Å²) < 4.78 is 0. The molecule has 6 heteroatoms. The molecular weight excluding hydrogens is 386 g/mol. The van der Waals surface area contributed by atoms with Crippen LogP contribution in [0.4, 0.5) is 5.69 Å². The molecule has 4 fully saturated rings. The second-order valence-corrected chi connectivity index (χ2v) is 10.2. The molecule has 1 saturated carbocycles. The third-order valence-electron chi connectivity index (χ3n) is 8.44. The lowest BCUT2D eigenvalue weighted by Crippen LogP contribution is -2.64. The molecule has 5 atom stereocenters. The smallest absolute Gasteiger partial charge is 0.224 e. The highest BCUT2D eigenvalue weighted by atomic mass is 16.2. The zero-order valence-electron chi connectivity index (χ0n) is 18.4. The van der Waals surface area contributed by atoms with E-state index >= 15 is 0 Å². The highest BCUT2D eigenvalue weighted by molar-refractivity contribution is 5.83. The third-order valence-corrected chi connectivity index (χ3v) is 8.44. The van der Waals surface area contributed by atoms with E-state index in [0.717, 1.165) is 52.0 Å². The number of fused-ring (bicyclic) bond motifs is 4. The molecule has 6 rings (SSSR count). The van der Waals surface area contributed by atoms with Crippen molar-refractivity contribution in [2.45, 2.75) is 44.2 Å². The summed E-state index contributed by atoms with van der Waals surface area (Å²) in [6.07, 6.45) is 7.95. The molecule has 1 aliphatic carbocycles. The number of benzene rings is 1. The Labute approximate surface area is 184 Å². The number of carbonyl (C=O) groups is 1. The minimum Gasteiger partial charge on any atom is -0.369 e. The van der Waals surface area contributed by atoms with E-state index in [4.69, 9.17) is 0 Å². The summed E-state index contributed by atoms with van der Waals surface area (Å²) >= 11 is 0. The number of hydrogen-bond donors (Lipinski definition) is 3. The van der Waals surface area contributed by atoms with E-state index in [2.05, 4.69) is 49.7 Å². The van der Waals surface area contributed by atoms with Crippen molar-refractivity contribution in [1.82, 2.24) is 20.5 Å². The molecule has 5 unspecified atom stereocenters. The summed E-state index contributed by atoms with van der Waals surface area (Å²) in [6.45, 7) is 6.72. The summed E-state index contributed by atoms with van der Waals surface area (Å²) in [4.78, 5) is 21.2. The van der Waals surface area contributed by atoms with Gasteiger partial charge in [-0.3, -0.25) is 9.69 Å². The number of carbonyl (C=O) groups excluding carboxylic acids is 1. The molecule has 1 aromatic carbocycles. The van der Waals surface area contributed by atoms with Crippen molar-refractivity contribution >= 4 is 22.5 Å². The highest BCUT2D eigenvalue weighted by Crippen LogP contribution is 2.39. The lowest BCUT2D eigenvalue weighted by Gasteiger charge is -2.50. The Morgan fingerprint density at radius 3 is 2.84 bits per heavy atom. The van der Waals surface area contributed by atoms with E-state index < -0.39 is 0 Å². The molecule has 6 nitrogen and oxygen atoms in total. The number of hydrogen-bond acceptors (Lipinski definition) is 4. The second kappa shape index (κ2) is 8.14. The zero-order valence-corrected chi connectivity index (χ0v) is 18.4. The van der Waals surface area contributed by atoms with E-state index in [1.165, 1.54) is 36.0 Å². The Kier molecular flexibility index (Phi) is 5.15. The van der Waals surface area contributed by atoms with Gasteiger partial charge in [-0.15, -0.1) is 0 Å². The van der Waals surface area contributed by atoms with Gasteiger partial charge in [0.1, 0.15) is 0 Å². The zero-order chi connectivity index (χ0) is 20.8. The van der Waals surface area contributed by atoms with Gasteiger partial charge < -0.3 is 20.5 Å². The normalized spacial score (nSPS) is 34.3. The maximum atomic E-state index is 12.6. The number of anilines is 1. The van der Waals surface area contributed by atoms with Crippen LogP contribution in [0.1, 0.15) is 32.1 Å². The van der Waals surface area contributed by atoms with Crippen molar-refractivity contribution in [2.75, 3.05) is 44.2 Å². The first kappa shape index (κ1) is 19.6. The minimum absolute atomic E-state index is 0.213. The van der Waals surface area contributed by atoms with Gasteiger partial charge in [-0.25, -0.2) is 0 Å². The Balaban J connectivity index is 1.03. The second-order valence-electron chi connectivity index (χ2n) is 10.2. The molecule has 1 aromatic heterocycles. The van der Waals surface area contributed by atoms with Gasteiger partial charge in [0, 0.05) is 62.2 Å².